The number of hydrogen-bond donors (Lipinski definition) is 0. The molecular weight excluding hydrogens is 417 g/mol. The number of benzene rings is 2. The van der Waals surface area contributed by atoms with Crippen molar-refractivity contribution in [1.29, 1.82) is 0 Å². The number of carbonyl (C=O) groups excluding carboxylic acids is 1. The van der Waals surface area contributed by atoms with Gasteiger partial charge in [-0.1, -0.05) is 36.4 Å². The minimum Gasteiger partial charge on any atom is -0.311 e. The standard InChI is InChI=1S/C23H20FN3O3S/c1-2-25(17-9-4-3-5-10-17)20(28)15-26-19-12-13-31-21(19)22(29)27(23(26)30)14-16-8-6-7-11-18(16)24/h3-13H,2,14-15H2,1H3. The van der Waals surface area contributed by atoms with Crippen LogP contribution in [0.25, 0.3) is 10.2 Å². The number of aromatic nitrogens is 2. The number of halogens is 1. The maximum atomic E-state index is 14.2. The second-order valence-electron chi connectivity index (χ2n) is 6.96. The molecular formula is C23H20FN3O3S. The van der Waals surface area contributed by atoms with Crippen molar-refractivity contribution < 1.29 is 9.18 Å². The Hall–Kier alpha value is -3.52. The Labute approximate surface area is 181 Å². The van der Waals surface area contributed by atoms with E-state index in [1.807, 2.05) is 37.3 Å². The molecule has 2 aromatic carbocycles. The summed E-state index contributed by atoms with van der Waals surface area (Å²) in [6.45, 7) is 1.85. The first-order valence-corrected chi connectivity index (χ1v) is 10.7. The quantitative estimate of drug-likeness (QED) is 0.464. The van der Waals surface area contributed by atoms with Gasteiger partial charge in [-0.05, 0) is 36.6 Å². The fourth-order valence-corrected chi connectivity index (χ4v) is 4.40. The molecule has 0 unspecified atom stereocenters. The highest BCUT2D eigenvalue weighted by Gasteiger charge is 2.20. The molecule has 1 amide bonds. The lowest BCUT2D eigenvalue weighted by atomic mass is 10.2. The summed E-state index contributed by atoms with van der Waals surface area (Å²) < 4.78 is 16.8. The number of rotatable bonds is 6. The van der Waals surface area contributed by atoms with E-state index in [-0.39, 0.29) is 24.6 Å². The first kappa shape index (κ1) is 20.7. The van der Waals surface area contributed by atoms with Crippen molar-refractivity contribution in [3.05, 3.63) is 98.3 Å². The summed E-state index contributed by atoms with van der Waals surface area (Å²) in [5, 5.41) is 1.70. The molecule has 0 spiro atoms. The van der Waals surface area contributed by atoms with Gasteiger partial charge in [0.15, 0.2) is 0 Å². The van der Waals surface area contributed by atoms with Gasteiger partial charge in [-0.15, -0.1) is 11.3 Å². The lowest BCUT2D eigenvalue weighted by molar-refractivity contribution is -0.119. The van der Waals surface area contributed by atoms with Crippen molar-refractivity contribution in [3.8, 4) is 0 Å². The minimum absolute atomic E-state index is 0.206. The van der Waals surface area contributed by atoms with Crippen LogP contribution in [0.15, 0.2) is 75.6 Å². The summed E-state index contributed by atoms with van der Waals surface area (Å²) in [4.78, 5) is 40.8. The zero-order chi connectivity index (χ0) is 22.0. The van der Waals surface area contributed by atoms with E-state index in [1.165, 1.54) is 28.0 Å². The molecule has 0 radical (unpaired) electrons. The van der Waals surface area contributed by atoms with Gasteiger partial charge in [0.2, 0.25) is 5.91 Å². The van der Waals surface area contributed by atoms with Gasteiger partial charge in [0.25, 0.3) is 5.56 Å². The zero-order valence-electron chi connectivity index (χ0n) is 16.8. The van der Waals surface area contributed by atoms with Crippen LogP contribution >= 0.6 is 11.3 Å². The Bertz CT molecular complexity index is 1360. The average Bonchev–Trinajstić information content (AvgIpc) is 3.27. The third-order valence-electron chi connectivity index (χ3n) is 5.10. The fraction of sp³-hybridized carbons (Fsp3) is 0.174. The van der Waals surface area contributed by atoms with E-state index in [4.69, 9.17) is 0 Å². The number of para-hydroxylation sites is 1. The Kier molecular flexibility index (Phi) is 5.81. The summed E-state index contributed by atoms with van der Waals surface area (Å²) in [6, 6.07) is 16.8. The summed E-state index contributed by atoms with van der Waals surface area (Å²) >= 11 is 1.19. The molecule has 0 aliphatic heterocycles. The van der Waals surface area contributed by atoms with E-state index in [0.717, 1.165) is 10.3 Å². The largest absolute Gasteiger partial charge is 0.332 e. The molecule has 0 aliphatic rings. The van der Waals surface area contributed by atoms with Crippen molar-refractivity contribution in [2.24, 2.45) is 0 Å². The third kappa shape index (κ3) is 3.94. The van der Waals surface area contributed by atoms with Crippen LogP contribution in [0, 0.1) is 5.82 Å². The lowest BCUT2D eigenvalue weighted by Gasteiger charge is -2.22. The maximum absolute atomic E-state index is 14.2. The number of fused-ring (bicyclic) bond motifs is 1. The van der Waals surface area contributed by atoms with Crippen LogP contribution in [-0.2, 0) is 17.9 Å². The zero-order valence-corrected chi connectivity index (χ0v) is 17.6. The minimum atomic E-state index is -0.642. The number of thiophene rings is 1. The van der Waals surface area contributed by atoms with Gasteiger partial charge in [-0.3, -0.25) is 18.7 Å². The summed E-state index contributed by atoms with van der Waals surface area (Å²) in [7, 11) is 0. The van der Waals surface area contributed by atoms with Crippen LogP contribution in [0.1, 0.15) is 12.5 Å². The first-order valence-electron chi connectivity index (χ1n) is 9.81. The van der Waals surface area contributed by atoms with Crippen LogP contribution in [-0.4, -0.2) is 21.6 Å². The average molecular weight is 437 g/mol. The number of likely N-dealkylation sites (N-methyl/N-ethyl adjacent to an activating group) is 1. The third-order valence-corrected chi connectivity index (χ3v) is 5.99. The number of carbonyl (C=O) groups is 1. The molecule has 158 valence electrons. The Morgan fingerprint density at radius 3 is 2.42 bits per heavy atom. The van der Waals surface area contributed by atoms with Gasteiger partial charge in [0, 0.05) is 17.8 Å². The predicted octanol–water partition coefficient (Wildman–Crippen LogP) is 3.47. The van der Waals surface area contributed by atoms with E-state index in [9.17, 15) is 18.8 Å². The molecule has 4 aromatic rings. The molecule has 4 rings (SSSR count). The number of amides is 1. The van der Waals surface area contributed by atoms with E-state index in [1.54, 1.807) is 28.5 Å². The van der Waals surface area contributed by atoms with Crippen molar-refractivity contribution in [1.82, 2.24) is 9.13 Å². The lowest BCUT2D eigenvalue weighted by Crippen LogP contribution is -2.43. The molecule has 0 atom stereocenters. The van der Waals surface area contributed by atoms with Crippen LogP contribution in [0.5, 0.6) is 0 Å². The summed E-state index contributed by atoms with van der Waals surface area (Å²) in [5.74, 6) is -0.775. The maximum Gasteiger partial charge on any atom is 0.332 e. The molecule has 0 aliphatic carbocycles. The van der Waals surface area contributed by atoms with Gasteiger partial charge in [-0.2, -0.15) is 0 Å². The van der Waals surface area contributed by atoms with Crippen molar-refractivity contribution >= 4 is 33.1 Å². The van der Waals surface area contributed by atoms with Crippen molar-refractivity contribution in [2.75, 3.05) is 11.4 Å². The molecule has 6 nitrogen and oxygen atoms in total. The second kappa shape index (κ2) is 8.69. The number of anilines is 1. The molecule has 8 heteroatoms. The molecule has 2 aromatic heterocycles. The topological polar surface area (TPSA) is 64.3 Å². The molecule has 0 saturated heterocycles. The SMILES string of the molecule is CCN(C(=O)Cn1c(=O)n(Cc2ccccc2F)c(=O)c2sccc21)c1ccccc1. The molecule has 31 heavy (non-hydrogen) atoms. The van der Waals surface area contributed by atoms with Crippen LogP contribution in [0.3, 0.4) is 0 Å². The van der Waals surface area contributed by atoms with Crippen LogP contribution in [0.2, 0.25) is 0 Å². The highest BCUT2D eigenvalue weighted by molar-refractivity contribution is 7.17. The van der Waals surface area contributed by atoms with E-state index >= 15 is 0 Å². The molecule has 0 fully saturated rings. The van der Waals surface area contributed by atoms with E-state index < -0.39 is 17.1 Å². The highest BCUT2D eigenvalue weighted by Crippen LogP contribution is 2.18. The monoisotopic (exact) mass is 437 g/mol. The first-order chi connectivity index (χ1) is 15.0. The molecule has 0 bridgehead atoms. The van der Waals surface area contributed by atoms with Crippen LogP contribution < -0.4 is 16.1 Å². The van der Waals surface area contributed by atoms with Gasteiger partial charge < -0.3 is 4.90 Å². The normalized spacial score (nSPS) is 11.0. The fourth-order valence-electron chi connectivity index (χ4n) is 3.55. The number of hydrogen-bond acceptors (Lipinski definition) is 4. The summed E-state index contributed by atoms with van der Waals surface area (Å²) in [6.07, 6.45) is 0. The van der Waals surface area contributed by atoms with Gasteiger partial charge in [0.05, 0.1) is 12.1 Å². The van der Waals surface area contributed by atoms with E-state index in [0.29, 0.717) is 16.8 Å². The molecule has 0 saturated carbocycles. The second-order valence-corrected chi connectivity index (χ2v) is 7.88. The predicted molar refractivity (Wildman–Crippen MR) is 120 cm³/mol. The molecule has 2 heterocycles. The Morgan fingerprint density at radius 1 is 1.00 bits per heavy atom. The van der Waals surface area contributed by atoms with Crippen molar-refractivity contribution in [2.45, 2.75) is 20.0 Å². The summed E-state index contributed by atoms with van der Waals surface area (Å²) in [5.41, 5.74) is 0.232. The smallest absolute Gasteiger partial charge is 0.311 e. The van der Waals surface area contributed by atoms with Crippen molar-refractivity contribution in [3.63, 3.8) is 0 Å². The van der Waals surface area contributed by atoms with Gasteiger partial charge >= 0.3 is 5.69 Å². The van der Waals surface area contributed by atoms with E-state index in [2.05, 4.69) is 0 Å². The molecule has 0 N–H and O–H groups in total. The van der Waals surface area contributed by atoms with Crippen LogP contribution in [0.4, 0.5) is 10.1 Å². The van der Waals surface area contributed by atoms with Gasteiger partial charge in [0.1, 0.15) is 17.1 Å². The Balaban J connectivity index is 1.78. The number of nitrogens with zero attached hydrogens (tertiary/aromatic N) is 3. The van der Waals surface area contributed by atoms with Gasteiger partial charge in [-0.25, -0.2) is 9.18 Å². The Morgan fingerprint density at radius 2 is 1.71 bits per heavy atom. The highest BCUT2D eigenvalue weighted by atomic mass is 32.1.